The van der Waals surface area contributed by atoms with Gasteiger partial charge in [0.1, 0.15) is 6.33 Å². The van der Waals surface area contributed by atoms with Crippen LogP contribution in [0.5, 0.6) is 0 Å². The molecule has 0 saturated heterocycles. The molecule has 0 aliphatic heterocycles. The van der Waals surface area contributed by atoms with E-state index >= 15 is 0 Å². The van der Waals surface area contributed by atoms with E-state index in [0.717, 1.165) is 27.5 Å². The van der Waals surface area contributed by atoms with E-state index in [1.54, 1.807) is 18.1 Å². The smallest absolute Gasteiger partial charge is 0.195 e. The highest BCUT2D eigenvalue weighted by atomic mass is 32.2. The fourth-order valence-electron chi connectivity index (χ4n) is 2.51. The van der Waals surface area contributed by atoms with Crippen molar-refractivity contribution < 1.29 is 0 Å². The molecule has 0 aliphatic rings. The SMILES string of the molecule is c1ccc(-n2cnnc2SCc2cccc3cccnc23)cc1. The molecule has 0 spiro atoms. The van der Waals surface area contributed by atoms with Crippen molar-refractivity contribution in [2.45, 2.75) is 10.9 Å². The van der Waals surface area contributed by atoms with Crippen LogP contribution in [0.2, 0.25) is 0 Å². The molecule has 0 radical (unpaired) electrons. The Labute approximate surface area is 138 Å². The maximum absolute atomic E-state index is 4.51. The molecule has 5 heteroatoms. The summed E-state index contributed by atoms with van der Waals surface area (Å²) in [6, 6.07) is 20.4. The summed E-state index contributed by atoms with van der Waals surface area (Å²) in [4.78, 5) is 4.51. The Morgan fingerprint density at radius 3 is 2.70 bits per heavy atom. The Bertz CT molecular complexity index is 929. The van der Waals surface area contributed by atoms with E-state index in [0.29, 0.717) is 0 Å². The van der Waals surface area contributed by atoms with E-state index in [2.05, 4.69) is 39.4 Å². The fourth-order valence-corrected chi connectivity index (χ4v) is 3.43. The number of thioether (sulfide) groups is 1. The summed E-state index contributed by atoms with van der Waals surface area (Å²) < 4.78 is 2.00. The van der Waals surface area contributed by atoms with Gasteiger partial charge in [0.15, 0.2) is 5.16 Å². The second-order valence-electron chi connectivity index (χ2n) is 5.10. The van der Waals surface area contributed by atoms with Crippen molar-refractivity contribution in [2.75, 3.05) is 0 Å². The van der Waals surface area contributed by atoms with Crippen molar-refractivity contribution in [2.24, 2.45) is 0 Å². The predicted octanol–water partition coefficient (Wildman–Crippen LogP) is 4.11. The second kappa shape index (κ2) is 6.22. The molecule has 0 saturated carbocycles. The van der Waals surface area contributed by atoms with E-state index in [1.165, 1.54) is 5.56 Å². The van der Waals surface area contributed by atoms with E-state index in [4.69, 9.17) is 0 Å². The highest BCUT2D eigenvalue weighted by molar-refractivity contribution is 7.98. The highest BCUT2D eigenvalue weighted by Gasteiger charge is 2.09. The first kappa shape index (κ1) is 14.0. The van der Waals surface area contributed by atoms with Crippen LogP contribution in [0, 0.1) is 0 Å². The van der Waals surface area contributed by atoms with Gasteiger partial charge in [0.2, 0.25) is 0 Å². The van der Waals surface area contributed by atoms with Gasteiger partial charge in [0, 0.05) is 23.0 Å². The van der Waals surface area contributed by atoms with Crippen molar-refractivity contribution in [1.82, 2.24) is 19.7 Å². The summed E-state index contributed by atoms with van der Waals surface area (Å²) >= 11 is 1.67. The van der Waals surface area contributed by atoms with E-state index in [9.17, 15) is 0 Å². The summed E-state index contributed by atoms with van der Waals surface area (Å²) in [5.41, 5.74) is 3.32. The lowest BCUT2D eigenvalue weighted by Crippen LogP contribution is -1.95. The first-order valence-corrected chi connectivity index (χ1v) is 8.31. The van der Waals surface area contributed by atoms with Crippen molar-refractivity contribution in [3.63, 3.8) is 0 Å². The van der Waals surface area contributed by atoms with Gasteiger partial charge in [0.05, 0.1) is 5.52 Å². The van der Waals surface area contributed by atoms with Crippen LogP contribution in [-0.2, 0) is 5.75 Å². The normalized spacial score (nSPS) is 11.0. The third-order valence-electron chi connectivity index (χ3n) is 3.62. The Balaban J connectivity index is 1.62. The summed E-state index contributed by atoms with van der Waals surface area (Å²) in [6.07, 6.45) is 3.59. The van der Waals surface area contributed by atoms with Crippen molar-refractivity contribution >= 4 is 22.7 Å². The summed E-state index contributed by atoms with van der Waals surface area (Å²) in [6.45, 7) is 0. The van der Waals surface area contributed by atoms with Crippen LogP contribution in [0.25, 0.3) is 16.6 Å². The Hall–Kier alpha value is -2.66. The largest absolute Gasteiger partial charge is 0.277 e. The van der Waals surface area contributed by atoms with Gasteiger partial charge in [-0.25, -0.2) is 0 Å². The van der Waals surface area contributed by atoms with Gasteiger partial charge in [-0.15, -0.1) is 10.2 Å². The maximum Gasteiger partial charge on any atom is 0.195 e. The molecule has 0 fully saturated rings. The number of fused-ring (bicyclic) bond motifs is 1. The van der Waals surface area contributed by atoms with Crippen molar-refractivity contribution in [3.05, 3.63) is 78.8 Å². The lowest BCUT2D eigenvalue weighted by Gasteiger charge is -2.07. The third kappa shape index (κ3) is 2.83. The van der Waals surface area contributed by atoms with Crippen LogP contribution in [0.4, 0.5) is 0 Å². The molecule has 2 aromatic heterocycles. The van der Waals surface area contributed by atoms with Crippen LogP contribution in [0.15, 0.2) is 78.3 Å². The summed E-state index contributed by atoms with van der Waals surface area (Å²) in [7, 11) is 0. The highest BCUT2D eigenvalue weighted by Crippen LogP contribution is 2.26. The van der Waals surface area contributed by atoms with Gasteiger partial charge in [-0.2, -0.15) is 0 Å². The number of benzene rings is 2. The zero-order valence-corrected chi connectivity index (χ0v) is 13.1. The number of pyridine rings is 1. The van der Waals surface area contributed by atoms with Gasteiger partial charge in [-0.05, 0) is 23.8 Å². The number of rotatable bonds is 4. The van der Waals surface area contributed by atoms with Crippen molar-refractivity contribution in [3.8, 4) is 5.69 Å². The van der Waals surface area contributed by atoms with Crippen molar-refractivity contribution in [1.29, 1.82) is 0 Å². The lowest BCUT2D eigenvalue weighted by molar-refractivity contribution is 0.884. The molecule has 112 valence electrons. The topological polar surface area (TPSA) is 43.6 Å². The van der Waals surface area contributed by atoms with Gasteiger partial charge in [-0.3, -0.25) is 9.55 Å². The van der Waals surface area contributed by atoms with E-state index in [-0.39, 0.29) is 0 Å². The molecule has 0 unspecified atom stereocenters. The molecule has 0 aliphatic carbocycles. The Kier molecular flexibility index (Phi) is 3.78. The summed E-state index contributed by atoms with van der Waals surface area (Å²) in [5.74, 6) is 0.805. The van der Waals surface area contributed by atoms with E-state index < -0.39 is 0 Å². The maximum atomic E-state index is 4.51. The first-order valence-electron chi connectivity index (χ1n) is 7.33. The minimum atomic E-state index is 0.805. The number of nitrogens with zero attached hydrogens (tertiary/aromatic N) is 4. The molecule has 4 nitrogen and oxygen atoms in total. The number of hydrogen-bond donors (Lipinski definition) is 0. The number of hydrogen-bond acceptors (Lipinski definition) is 4. The molecule has 0 amide bonds. The summed E-state index contributed by atoms with van der Waals surface area (Å²) in [5, 5.41) is 10.3. The Morgan fingerprint density at radius 2 is 1.78 bits per heavy atom. The Morgan fingerprint density at radius 1 is 0.913 bits per heavy atom. The average Bonchev–Trinajstić information content (AvgIpc) is 3.09. The van der Waals surface area contributed by atoms with Gasteiger partial charge in [-0.1, -0.05) is 54.2 Å². The molecule has 2 heterocycles. The van der Waals surface area contributed by atoms with Gasteiger partial charge in [0.25, 0.3) is 0 Å². The molecular formula is C18H14N4S. The number of aromatic nitrogens is 4. The molecule has 0 atom stereocenters. The van der Waals surface area contributed by atoms with Gasteiger partial charge >= 0.3 is 0 Å². The van der Waals surface area contributed by atoms with Gasteiger partial charge < -0.3 is 0 Å². The molecule has 0 N–H and O–H groups in total. The third-order valence-corrected chi connectivity index (χ3v) is 4.62. The minimum Gasteiger partial charge on any atom is -0.277 e. The molecule has 0 bridgehead atoms. The predicted molar refractivity (Wildman–Crippen MR) is 92.7 cm³/mol. The minimum absolute atomic E-state index is 0.805. The quantitative estimate of drug-likeness (QED) is 0.531. The van der Waals surface area contributed by atoms with Crippen LogP contribution in [0.3, 0.4) is 0 Å². The second-order valence-corrected chi connectivity index (χ2v) is 6.04. The monoisotopic (exact) mass is 318 g/mol. The van der Waals surface area contributed by atoms with Crippen LogP contribution in [-0.4, -0.2) is 19.7 Å². The standard InChI is InChI=1S/C18H14N4S/c1-2-9-16(10-3-1)22-13-20-21-18(22)23-12-15-7-4-6-14-8-5-11-19-17(14)15/h1-11,13H,12H2. The zero-order chi connectivity index (χ0) is 15.5. The first-order chi connectivity index (χ1) is 11.4. The van der Waals surface area contributed by atoms with Crippen LogP contribution < -0.4 is 0 Å². The molecule has 4 aromatic rings. The zero-order valence-electron chi connectivity index (χ0n) is 12.3. The lowest BCUT2D eigenvalue weighted by atomic mass is 10.1. The fraction of sp³-hybridized carbons (Fsp3) is 0.0556. The molecule has 23 heavy (non-hydrogen) atoms. The number of para-hydroxylation sites is 2. The molecule has 2 aromatic carbocycles. The van der Waals surface area contributed by atoms with E-state index in [1.807, 2.05) is 47.2 Å². The average molecular weight is 318 g/mol. The molecule has 4 rings (SSSR count). The van der Waals surface area contributed by atoms with Crippen LogP contribution >= 0.6 is 11.8 Å². The molecular weight excluding hydrogens is 304 g/mol. The van der Waals surface area contributed by atoms with Crippen LogP contribution in [0.1, 0.15) is 5.56 Å².